The highest BCUT2D eigenvalue weighted by atomic mass is 16.4. The lowest BCUT2D eigenvalue weighted by Crippen LogP contribution is -2.31. The van der Waals surface area contributed by atoms with Crippen LogP contribution in [0.15, 0.2) is 24.3 Å². The molecule has 1 aliphatic heterocycles. The molecular formula is C15H20N2O2. The van der Waals surface area contributed by atoms with Crippen molar-refractivity contribution in [1.29, 1.82) is 0 Å². The summed E-state index contributed by atoms with van der Waals surface area (Å²) in [5.74, 6) is -0.872. The van der Waals surface area contributed by atoms with Gasteiger partial charge in [0.2, 0.25) is 0 Å². The van der Waals surface area contributed by atoms with Gasteiger partial charge >= 0.3 is 5.97 Å². The molecule has 0 bridgehead atoms. The fourth-order valence-corrected chi connectivity index (χ4v) is 3.05. The number of nitrogens with zero attached hydrogens (tertiary/aromatic N) is 1. The number of hydrogen-bond donors (Lipinski definition) is 2. The van der Waals surface area contributed by atoms with Gasteiger partial charge in [0.05, 0.1) is 5.56 Å². The van der Waals surface area contributed by atoms with E-state index in [1.807, 2.05) is 6.07 Å². The van der Waals surface area contributed by atoms with Crippen molar-refractivity contribution in [2.24, 2.45) is 0 Å². The van der Waals surface area contributed by atoms with Crippen LogP contribution in [0.1, 0.15) is 36.5 Å². The number of rotatable bonds is 4. The third-order valence-corrected chi connectivity index (χ3v) is 4.12. The third-order valence-electron chi connectivity index (χ3n) is 4.12. The number of anilines is 1. The van der Waals surface area contributed by atoms with Gasteiger partial charge in [0.15, 0.2) is 0 Å². The Labute approximate surface area is 113 Å². The zero-order valence-corrected chi connectivity index (χ0v) is 11.2. The highest BCUT2D eigenvalue weighted by Crippen LogP contribution is 2.34. The molecule has 1 aromatic rings. The number of aromatic carboxylic acids is 1. The first kappa shape index (κ1) is 12.5. The van der Waals surface area contributed by atoms with Crippen LogP contribution < -0.4 is 5.32 Å². The van der Waals surface area contributed by atoms with Gasteiger partial charge in [-0.1, -0.05) is 6.07 Å². The Bertz CT molecular complexity index is 485. The molecular weight excluding hydrogens is 240 g/mol. The first-order chi connectivity index (χ1) is 9.13. The first-order valence-electron chi connectivity index (χ1n) is 6.99. The van der Waals surface area contributed by atoms with Gasteiger partial charge in [-0.25, -0.2) is 4.79 Å². The topological polar surface area (TPSA) is 52.6 Å². The number of carboxylic acid groups (broad SMARTS) is 1. The number of benzene rings is 1. The second kappa shape index (κ2) is 4.85. The smallest absolute Gasteiger partial charge is 0.335 e. The standard InChI is InChI=1S/C15H20N2O2/c1-10-7-13(9-17(10)14-5-6-14)16-12-4-2-3-11(8-12)15(18)19/h2-4,8,10,13-14,16H,5-7,9H2,1H3,(H,18,19). The van der Waals surface area contributed by atoms with E-state index in [0.29, 0.717) is 17.6 Å². The minimum absolute atomic E-state index is 0.343. The number of carbonyl (C=O) groups is 1. The van der Waals surface area contributed by atoms with E-state index in [4.69, 9.17) is 5.11 Å². The zero-order chi connectivity index (χ0) is 13.4. The predicted molar refractivity (Wildman–Crippen MR) is 74.6 cm³/mol. The van der Waals surface area contributed by atoms with Crippen molar-refractivity contribution in [3.05, 3.63) is 29.8 Å². The van der Waals surface area contributed by atoms with E-state index < -0.39 is 5.97 Å². The molecule has 0 aromatic heterocycles. The Kier molecular flexibility index (Phi) is 3.19. The van der Waals surface area contributed by atoms with Crippen LogP contribution in [0.5, 0.6) is 0 Å². The number of likely N-dealkylation sites (tertiary alicyclic amines) is 1. The van der Waals surface area contributed by atoms with Crippen molar-refractivity contribution in [2.75, 3.05) is 11.9 Å². The molecule has 4 nitrogen and oxygen atoms in total. The maximum absolute atomic E-state index is 11.0. The van der Waals surface area contributed by atoms with Crippen molar-refractivity contribution >= 4 is 11.7 Å². The summed E-state index contributed by atoms with van der Waals surface area (Å²) < 4.78 is 0. The molecule has 1 heterocycles. The van der Waals surface area contributed by atoms with Gasteiger partial charge in [0.1, 0.15) is 0 Å². The summed E-state index contributed by atoms with van der Waals surface area (Å²) in [5.41, 5.74) is 1.25. The normalized spacial score (nSPS) is 27.4. The van der Waals surface area contributed by atoms with Gasteiger partial charge in [0.25, 0.3) is 0 Å². The van der Waals surface area contributed by atoms with Crippen LogP contribution in [0.2, 0.25) is 0 Å². The molecule has 1 aliphatic carbocycles. The van der Waals surface area contributed by atoms with Crippen LogP contribution in [-0.2, 0) is 0 Å². The molecule has 2 fully saturated rings. The van der Waals surface area contributed by atoms with Crippen LogP contribution in [0.25, 0.3) is 0 Å². The molecule has 1 aromatic carbocycles. The van der Waals surface area contributed by atoms with E-state index in [-0.39, 0.29) is 0 Å². The second-order valence-electron chi connectivity index (χ2n) is 5.74. The Morgan fingerprint density at radius 2 is 2.21 bits per heavy atom. The van der Waals surface area contributed by atoms with Crippen molar-refractivity contribution in [3.63, 3.8) is 0 Å². The SMILES string of the molecule is CC1CC(Nc2cccc(C(=O)O)c2)CN1C1CC1. The Balaban J connectivity index is 1.65. The van der Waals surface area contributed by atoms with Crippen molar-refractivity contribution in [1.82, 2.24) is 4.90 Å². The average molecular weight is 260 g/mol. The zero-order valence-electron chi connectivity index (χ0n) is 11.2. The van der Waals surface area contributed by atoms with E-state index in [0.717, 1.165) is 24.7 Å². The van der Waals surface area contributed by atoms with Gasteiger partial charge in [-0.3, -0.25) is 4.90 Å². The first-order valence-corrected chi connectivity index (χ1v) is 6.99. The Morgan fingerprint density at radius 1 is 1.42 bits per heavy atom. The number of nitrogens with one attached hydrogen (secondary N) is 1. The summed E-state index contributed by atoms with van der Waals surface area (Å²) in [6.45, 7) is 3.36. The quantitative estimate of drug-likeness (QED) is 0.873. The van der Waals surface area contributed by atoms with Crippen LogP contribution in [0.3, 0.4) is 0 Å². The maximum atomic E-state index is 11.0. The van der Waals surface area contributed by atoms with Crippen molar-refractivity contribution < 1.29 is 9.90 Å². The molecule has 3 rings (SSSR count). The Morgan fingerprint density at radius 3 is 2.89 bits per heavy atom. The van der Waals surface area contributed by atoms with Gasteiger partial charge < -0.3 is 10.4 Å². The molecule has 2 N–H and O–H groups in total. The minimum Gasteiger partial charge on any atom is -0.478 e. The largest absolute Gasteiger partial charge is 0.478 e. The molecule has 0 radical (unpaired) electrons. The lowest BCUT2D eigenvalue weighted by Gasteiger charge is -2.20. The fourth-order valence-electron chi connectivity index (χ4n) is 3.05. The van der Waals surface area contributed by atoms with E-state index in [2.05, 4.69) is 17.1 Å². The number of hydrogen-bond acceptors (Lipinski definition) is 3. The lowest BCUT2D eigenvalue weighted by molar-refractivity contribution is 0.0697. The van der Waals surface area contributed by atoms with Gasteiger partial charge in [0, 0.05) is 30.4 Å². The van der Waals surface area contributed by atoms with Gasteiger partial charge in [-0.15, -0.1) is 0 Å². The summed E-state index contributed by atoms with van der Waals surface area (Å²) in [7, 11) is 0. The summed E-state index contributed by atoms with van der Waals surface area (Å²) >= 11 is 0. The van der Waals surface area contributed by atoms with Gasteiger partial charge in [-0.2, -0.15) is 0 Å². The second-order valence-corrected chi connectivity index (χ2v) is 5.74. The molecule has 2 aliphatic rings. The summed E-state index contributed by atoms with van der Waals surface area (Å²) in [6, 6.07) is 8.94. The third kappa shape index (κ3) is 2.73. The predicted octanol–water partition coefficient (Wildman–Crippen LogP) is 2.42. The van der Waals surface area contributed by atoms with Crippen LogP contribution >= 0.6 is 0 Å². The maximum Gasteiger partial charge on any atom is 0.335 e. The highest BCUT2D eigenvalue weighted by Gasteiger charge is 2.38. The highest BCUT2D eigenvalue weighted by molar-refractivity contribution is 5.88. The molecule has 102 valence electrons. The van der Waals surface area contributed by atoms with E-state index >= 15 is 0 Å². The Hall–Kier alpha value is -1.55. The molecule has 19 heavy (non-hydrogen) atoms. The molecule has 1 saturated carbocycles. The average Bonchev–Trinajstić information content (AvgIpc) is 3.15. The minimum atomic E-state index is -0.872. The molecule has 0 amide bonds. The fraction of sp³-hybridized carbons (Fsp3) is 0.533. The van der Waals surface area contributed by atoms with E-state index in [1.54, 1.807) is 18.2 Å². The van der Waals surface area contributed by atoms with Crippen LogP contribution in [-0.4, -0.2) is 40.6 Å². The summed E-state index contributed by atoms with van der Waals surface area (Å²) in [4.78, 5) is 13.5. The van der Waals surface area contributed by atoms with Crippen molar-refractivity contribution in [3.8, 4) is 0 Å². The molecule has 1 saturated heterocycles. The van der Waals surface area contributed by atoms with E-state index in [1.165, 1.54) is 12.8 Å². The van der Waals surface area contributed by atoms with Crippen molar-refractivity contribution in [2.45, 2.75) is 44.3 Å². The monoisotopic (exact) mass is 260 g/mol. The van der Waals surface area contributed by atoms with Crippen LogP contribution in [0, 0.1) is 0 Å². The van der Waals surface area contributed by atoms with Gasteiger partial charge in [-0.05, 0) is 44.4 Å². The van der Waals surface area contributed by atoms with E-state index in [9.17, 15) is 4.79 Å². The number of carboxylic acids is 1. The lowest BCUT2D eigenvalue weighted by atomic mass is 10.1. The molecule has 4 heteroatoms. The van der Waals surface area contributed by atoms with Crippen LogP contribution in [0.4, 0.5) is 5.69 Å². The molecule has 2 atom stereocenters. The molecule has 2 unspecified atom stereocenters. The summed E-state index contributed by atoms with van der Waals surface area (Å²) in [6.07, 6.45) is 3.81. The molecule has 0 spiro atoms. The summed E-state index contributed by atoms with van der Waals surface area (Å²) in [5, 5.41) is 12.5.